The first-order chi connectivity index (χ1) is 17.8. The zero-order valence-corrected chi connectivity index (χ0v) is 22.1. The predicted molar refractivity (Wildman–Crippen MR) is 142 cm³/mol. The van der Waals surface area contributed by atoms with E-state index in [9.17, 15) is 4.79 Å². The van der Waals surface area contributed by atoms with Crippen LogP contribution < -0.4 is 4.90 Å². The zero-order chi connectivity index (χ0) is 25.4. The largest absolute Gasteiger partial charge is 0.369 e. The smallest absolute Gasteiger partial charge is 0.236 e. The molecule has 5 fully saturated rings. The first-order valence-electron chi connectivity index (χ1n) is 13.6. The van der Waals surface area contributed by atoms with Crippen molar-refractivity contribution in [3.63, 3.8) is 0 Å². The SMILES string of the molecule is Cc1cc(N2CC[C@](C)(c3ccccc3)C2)cn2nc(C34CC(CO3)C4CN3CCN(C)C(=O)C3)nc12. The Morgan fingerprint density at radius 3 is 2.78 bits per heavy atom. The zero-order valence-electron chi connectivity index (χ0n) is 22.1. The minimum Gasteiger partial charge on any atom is -0.369 e. The summed E-state index contributed by atoms with van der Waals surface area (Å²) in [6.45, 7) is 10.4. The lowest BCUT2D eigenvalue weighted by Crippen LogP contribution is -2.55. The van der Waals surface area contributed by atoms with Crippen molar-refractivity contribution in [2.75, 3.05) is 57.8 Å². The second-order valence-corrected chi connectivity index (χ2v) is 12.0. The molecule has 1 amide bonds. The van der Waals surface area contributed by atoms with Crippen LogP contribution >= 0.6 is 0 Å². The molecule has 8 rings (SSSR count). The summed E-state index contributed by atoms with van der Waals surface area (Å²) in [6.07, 6.45) is 4.25. The number of aromatic nitrogens is 3. The van der Waals surface area contributed by atoms with Gasteiger partial charge in [-0.05, 0) is 42.9 Å². The highest BCUT2D eigenvalue weighted by Gasteiger charge is 2.64. The van der Waals surface area contributed by atoms with E-state index < -0.39 is 5.60 Å². The summed E-state index contributed by atoms with van der Waals surface area (Å²) in [5.41, 5.74) is 4.37. The predicted octanol–water partition coefficient (Wildman–Crippen LogP) is 2.84. The Morgan fingerprint density at radius 1 is 1.16 bits per heavy atom. The number of aryl methyl sites for hydroxylation is 1. The van der Waals surface area contributed by atoms with Crippen molar-refractivity contribution in [3.05, 3.63) is 59.5 Å². The van der Waals surface area contributed by atoms with Crippen molar-refractivity contribution in [3.8, 4) is 0 Å². The topological polar surface area (TPSA) is 66.2 Å². The van der Waals surface area contributed by atoms with Gasteiger partial charge in [-0.1, -0.05) is 37.3 Å². The van der Waals surface area contributed by atoms with Crippen LogP contribution in [-0.4, -0.2) is 83.2 Å². The van der Waals surface area contributed by atoms with Gasteiger partial charge in [-0.25, -0.2) is 9.50 Å². The van der Waals surface area contributed by atoms with Crippen molar-refractivity contribution in [2.24, 2.45) is 11.8 Å². The van der Waals surface area contributed by atoms with Crippen LogP contribution in [0.2, 0.25) is 0 Å². The fraction of sp³-hybridized carbons (Fsp3) is 0.552. The molecule has 4 aliphatic heterocycles. The Kier molecular flexibility index (Phi) is 5.18. The highest BCUT2D eigenvalue weighted by Crippen LogP contribution is 2.59. The number of amides is 1. The molecular weight excluding hydrogens is 464 g/mol. The minimum atomic E-state index is -0.421. The van der Waals surface area contributed by atoms with Gasteiger partial charge in [0.25, 0.3) is 0 Å². The summed E-state index contributed by atoms with van der Waals surface area (Å²) in [7, 11) is 1.89. The molecule has 2 bridgehead atoms. The average Bonchev–Trinajstić information content (AvgIpc) is 3.67. The number of carbonyl (C=O) groups is 1. The molecule has 37 heavy (non-hydrogen) atoms. The van der Waals surface area contributed by atoms with E-state index in [1.165, 1.54) is 11.3 Å². The number of rotatable bonds is 5. The van der Waals surface area contributed by atoms with Crippen LogP contribution in [0, 0.1) is 18.8 Å². The number of anilines is 1. The van der Waals surface area contributed by atoms with Gasteiger partial charge in [0.15, 0.2) is 11.5 Å². The maximum absolute atomic E-state index is 12.3. The molecule has 0 radical (unpaired) electrons. The third-order valence-electron chi connectivity index (χ3n) is 9.57. The lowest BCUT2D eigenvalue weighted by molar-refractivity contribution is -0.136. The molecule has 8 heteroatoms. The lowest BCUT2D eigenvalue weighted by Gasteiger charge is -2.46. The van der Waals surface area contributed by atoms with Crippen molar-refractivity contribution in [1.29, 1.82) is 0 Å². The number of pyridine rings is 1. The van der Waals surface area contributed by atoms with E-state index in [1.807, 2.05) is 16.5 Å². The number of benzene rings is 1. The summed E-state index contributed by atoms with van der Waals surface area (Å²) in [5.74, 6) is 1.87. The molecule has 1 aliphatic carbocycles. The van der Waals surface area contributed by atoms with E-state index in [-0.39, 0.29) is 11.3 Å². The Labute approximate surface area is 218 Å². The summed E-state index contributed by atoms with van der Waals surface area (Å²) >= 11 is 0. The van der Waals surface area contributed by atoms with Crippen LogP contribution in [0.5, 0.6) is 0 Å². The van der Waals surface area contributed by atoms with Crippen LogP contribution in [0.1, 0.15) is 36.7 Å². The second-order valence-electron chi connectivity index (χ2n) is 12.0. The summed E-state index contributed by atoms with van der Waals surface area (Å²) in [4.78, 5) is 23.9. The van der Waals surface area contributed by atoms with Gasteiger partial charge in [-0.3, -0.25) is 9.69 Å². The maximum Gasteiger partial charge on any atom is 0.236 e. The second kappa shape index (κ2) is 8.27. The van der Waals surface area contributed by atoms with Gasteiger partial charge in [0.2, 0.25) is 5.91 Å². The Balaban J connectivity index is 1.14. The lowest BCUT2D eigenvalue weighted by atomic mass is 9.63. The summed E-state index contributed by atoms with van der Waals surface area (Å²) < 4.78 is 8.38. The third-order valence-corrected chi connectivity index (χ3v) is 9.57. The minimum absolute atomic E-state index is 0.146. The van der Waals surface area contributed by atoms with Gasteiger partial charge in [-0.2, -0.15) is 0 Å². The standard InChI is InChI=1S/C29H36N6O2/c1-20-13-23(34-10-9-28(2,19-34)22-7-5-4-6-8-22)15-35-26(20)30-27(31-35)29-14-21(18-37-29)24(29)16-33-12-11-32(3)25(36)17-33/h4-8,13,15,21,24H,9-12,14,16-19H2,1-3H3/t21?,24?,28-,29?/m0/s1. The molecule has 4 atom stereocenters. The van der Waals surface area contributed by atoms with E-state index in [0.29, 0.717) is 18.4 Å². The van der Waals surface area contributed by atoms with Gasteiger partial charge >= 0.3 is 0 Å². The Hall–Kier alpha value is -2.97. The Bertz CT molecular complexity index is 1350. The number of ether oxygens (including phenoxy) is 1. The maximum atomic E-state index is 12.3. The molecule has 8 nitrogen and oxygen atoms in total. The molecule has 3 aromatic rings. The van der Waals surface area contributed by atoms with Crippen molar-refractivity contribution >= 4 is 17.2 Å². The molecule has 4 saturated heterocycles. The molecule has 1 saturated carbocycles. The molecular formula is C29H36N6O2. The summed E-state index contributed by atoms with van der Waals surface area (Å²) in [6, 6.07) is 13.1. The number of hydrogen-bond donors (Lipinski definition) is 0. The van der Waals surface area contributed by atoms with Crippen molar-refractivity contribution < 1.29 is 9.53 Å². The van der Waals surface area contributed by atoms with Gasteiger partial charge in [0.05, 0.1) is 25.0 Å². The van der Waals surface area contributed by atoms with Gasteiger partial charge < -0.3 is 14.5 Å². The van der Waals surface area contributed by atoms with Gasteiger partial charge in [-0.15, -0.1) is 5.10 Å². The van der Waals surface area contributed by atoms with Crippen LogP contribution in [-0.2, 0) is 20.5 Å². The fourth-order valence-electron chi connectivity index (χ4n) is 7.10. The number of carbonyl (C=O) groups excluding carboxylic acids is 1. The number of hydrogen-bond acceptors (Lipinski definition) is 6. The average molecular weight is 501 g/mol. The quantitative estimate of drug-likeness (QED) is 0.537. The van der Waals surface area contributed by atoms with Crippen LogP contribution in [0.15, 0.2) is 42.6 Å². The van der Waals surface area contributed by atoms with Crippen LogP contribution in [0.3, 0.4) is 0 Å². The first-order valence-corrected chi connectivity index (χ1v) is 13.6. The third kappa shape index (κ3) is 3.60. The highest BCUT2D eigenvalue weighted by molar-refractivity contribution is 5.78. The van der Waals surface area contributed by atoms with Crippen LogP contribution in [0.4, 0.5) is 5.69 Å². The highest BCUT2D eigenvalue weighted by atomic mass is 16.5. The summed E-state index contributed by atoms with van der Waals surface area (Å²) in [5, 5.41) is 5.02. The van der Waals surface area contributed by atoms with Gasteiger partial charge in [0, 0.05) is 51.1 Å². The van der Waals surface area contributed by atoms with E-state index in [1.54, 1.807) is 0 Å². The molecule has 5 aliphatic rings. The number of likely N-dealkylation sites (N-methyl/N-ethyl adjacent to an activating group) is 1. The molecule has 1 aromatic carbocycles. The van der Waals surface area contributed by atoms with Crippen molar-refractivity contribution in [2.45, 2.75) is 37.7 Å². The van der Waals surface area contributed by atoms with Crippen LogP contribution in [0.25, 0.3) is 5.65 Å². The normalized spacial score (nSPS) is 31.9. The number of piperazine rings is 1. The van der Waals surface area contributed by atoms with E-state index in [2.05, 4.69) is 66.2 Å². The monoisotopic (exact) mass is 500 g/mol. The molecule has 0 spiro atoms. The fourth-order valence-corrected chi connectivity index (χ4v) is 7.10. The number of nitrogens with zero attached hydrogens (tertiary/aromatic N) is 6. The first kappa shape index (κ1) is 23.2. The molecule has 3 unspecified atom stereocenters. The van der Waals surface area contributed by atoms with E-state index >= 15 is 0 Å². The molecule has 194 valence electrons. The Morgan fingerprint density at radius 2 is 2.00 bits per heavy atom. The molecule has 6 heterocycles. The van der Waals surface area contributed by atoms with Crippen molar-refractivity contribution in [1.82, 2.24) is 24.4 Å². The van der Waals surface area contributed by atoms with E-state index in [4.69, 9.17) is 14.8 Å². The number of fused-ring (bicyclic) bond motifs is 2. The van der Waals surface area contributed by atoms with E-state index in [0.717, 1.165) is 69.2 Å². The van der Waals surface area contributed by atoms with Gasteiger partial charge in [0.1, 0.15) is 5.60 Å². The molecule has 2 aromatic heterocycles. The molecule has 0 N–H and O–H groups in total.